The Labute approximate surface area is 185 Å². The maximum atomic E-state index is 12.3. The van der Waals surface area contributed by atoms with Crippen molar-refractivity contribution in [3.63, 3.8) is 0 Å². The molecule has 2 aromatic rings. The van der Waals surface area contributed by atoms with Gasteiger partial charge in [0, 0.05) is 13.0 Å². The van der Waals surface area contributed by atoms with E-state index in [1.165, 1.54) is 0 Å². The van der Waals surface area contributed by atoms with Crippen LogP contribution in [0.25, 0.3) is 0 Å². The van der Waals surface area contributed by atoms with Gasteiger partial charge in [-0.15, -0.1) is 13.2 Å². The molecule has 0 saturated heterocycles. The standard InChI is InChI=1S/C21H25F3N2O5S/c1-14(2)30-18-6-4-5-16(13-18)15(3)26-20(27)11-12-25-32(28,29)19-9-7-17(8-10-19)31-21(22,23)24/h4-10,13-15,25H,11-12H2,1-3H3,(H,26,27). The molecule has 1 amide bonds. The number of carbonyl (C=O) groups is 1. The Bertz CT molecular complexity index is 1010. The quantitative estimate of drug-likeness (QED) is 0.545. The van der Waals surface area contributed by atoms with Gasteiger partial charge in [-0.25, -0.2) is 13.1 Å². The monoisotopic (exact) mass is 474 g/mol. The molecule has 32 heavy (non-hydrogen) atoms. The van der Waals surface area contributed by atoms with Crippen LogP contribution in [-0.2, 0) is 14.8 Å². The van der Waals surface area contributed by atoms with Gasteiger partial charge < -0.3 is 14.8 Å². The lowest BCUT2D eigenvalue weighted by Crippen LogP contribution is -2.32. The van der Waals surface area contributed by atoms with Crippen LogP contribution in [0.4, 0.5) is 13.2 Å². The number of nitrogens with one attached hydrogen (secondary N) is 2. The van der Waals surface area contributed by atoms with E-state index >= 15 is 0 Å². The highest BCUT2D eigenvalue weighted by atomic mass is 32.2. The van der Waals surface area contributed by atoms with Gasteiger partial charge in [-0.3, -0.25) is 4.79 Å². The molecule has 2 N–H and O–H groups in total. The van der Waals surface area contributed by atoms with E-state index in [2.05, 4.69) is 14.8 Å². The smallest absolute Gasteiger partial charge is 0.491 e. The number of amides is 1. The van der Waals surface area contributed by atoms with E-state index in [-0.39, 0.29) is 35.9 Å². The van der Waals surface area contributed by atoms with Crippen molar-refractivity contribution in [2.45, 2.75) is 50.6 Å². The van der Waals surface area contributed by atoms with E-state index in [0.29, 0.717) is 5.75 Å². The third-order valence-electron chi connectivity index (χ3n) is 4.12. The molecule has 0 saturated carbocycles. The SMILES string of the molecule is CC(C)Oc1cccc(C(C)NC(=O)CCNS(=O)(=O)c2ccc(OC(F)(F)F)cc2)c1. The molecule has 0 radical (unpaired) electrons. The maximum absolute atomic E-state index is 12.3. The van der Waals surface area contributed by atoms with E-state index in [1.807, 2.05) is 38.1 Å². The fourth-order valence-corrected chi connectivity index (χ4v) is 3.76. The van der Waals surface area contributed by atoms with Gasteiger partial charge in [0.05, 0.1) is 17.0 Å². The van der Waals surface area contributed by atoms with Gasteiger partial charge in [-0.1, -0.05) is 12.1 Å². The van der Waals surface area contributed by atoms with E-state index < -0.39 is 22.1 Å². The predicted molar refractivity (Wildman–Crippen MR) is 112 cm³/mol. The van der Waals surface area contributed by atoms with Crippen molar-refractivity contribution in [3.8, 4) is 11.5 Å². The molecule has 1 atom stereocenters. The summed E-state index contributed by atoms with van der Waals surface area (Å²) >= 11 is 0. The average molecular weight is 475 g/mol. The number of rotatable bonds is 10. The fraction of sp³-hybridized carbons (Fsp3) is 0.381. The van der Waals surface area contributed by atoms with Crippen LogP contribution < -0.4 is 19.5 Å². The first-order valence-corrected chi connectivity index (χ1v) is 11.3. The van der Waals surface area contributed by atoms with E-state index in [0.717, 1.165) is 29.8 Å². The molecule has 1 unspecified atom stereocenters. The third kappa shape index (κ3) is 8.39. The molecule has 2 rings (SSSR count). The number of hydrogen-bond acceptors (Lipinski definition) is 5. The Balaban J connectivity index is 1.86. The molecule has 0 spiro atoms. The Hall–Kier alpha value is -2.79. The maximum Gasteiger partial charge on any atom is 0.573 e. The highest BCUT2D eigenvalue weighted by Gasteiger charge is 2.31. The summed E-state index contributed by atoms with van der Waals surface area (Å²) in [5.74, 6) is -0.227. The lowest BCUT2D eigenvalue weighted by Gasteiger charge is -2.17. The van der Waals surface area contributed by atoms with Crippen molar-refractivity contribution < 1.29 is 35.9 Å². The predicted octanol–water partition coefficient (Wildman–Crippen LogP) is 3.92. The van der Waals surface area contributed by atoms with Crippen LogP contribution in [0.5, 0.6) is 11.5 Å². The van der Waals surface area contributed by atoms with E-state index in [4.69, 9.17) is 4.74 Å². The lowest BCUT2D eigenvalue weighted by atomic mass is 10.1. The second kappa shape index (κ2) is 10.7. The van der Waals surface area contributed by atoms with Crippen LogP contribution in [0.1, 0.15) is 38.8 Å². The summed E-state index contributed by atoms with van der Waals surface area (Å²) < 4.78 is 72.7. The summed E-state index contributed by atoms with van der Waals surface area (Å²) in [7, 11) is -4.00. The van der Waals surface area contributed by atoms with Crippen molar-refractivity contribution in [2.24, 2.45) is 0 Å². The van der Waals surface area contributed by atoms with Gasteiger partial charge in [0.15, 0.2) is 0 Å². The number of sulfonamides is 1. The highest BCUT2D eigenvalue weighted by Crippen LogP contribution is 2.24. The molecule has 0 aromatic heterocycles. The first-order valence-electron chi connectivity index (χ1n) is 9.77. The zero-order valence-electron chi connectivity index (χ0n) is 17.8. The van der Waals surface area contributed by atoms with Crippen LogP contribution in [0, 0.1) is 0 Å². The summed E-state index contributed by atoms with van der Waals surface area (Å²) in [5.41, 5.74) is 0.832. The minimum absolute atomic E-state index is 0.0107. The van der Waals surface area contributed by atoms with E-state index in [1.54, 1.807) is 6.92 Å². The van der Waals surface area contributed by atoms with Crippen molar-refractivity contribution in [1.82, 2.24) is 10.0 Å². The number of halogens is 3. The lowest BCUT2D eigenvalue weighted by molar-refractivity contribution is -0.274. The summed E-state index contributed by atoms with van der Waals surface area (Å²) in [6.45, 7) is 5.42. The molecule has 0 bridgehead atoms. The Morgan fingerprint density at radius 3 is 2.28 bits per heavy atom. The Kier molecular flexibility index (Phi) is 8.51. The molecule has 0 aliphatic heterocycles. The fourth-order valence-electron chi connectivity index (χ4n) is 2.73. The number of benzene rings is 2. The molecule has 0 aliphatic rings. The zero-order chi connectivity index (χ0) is 23.9. The molecular formula is C21H25F3N2O5S. The van der Waals surface area contributed by atoms with Crippen LogP contribution >= 0.6 is 0 Å². The molecule has 0 fully saturated rings. The Morgan fingerprint density at radius 1 is 1.03 bits per heavy atom. The molecular weight excluding hydrogens is 449 g/mol. The summed E-state index contributed by atoms with van der Waals surface area (Å²) in [6.07, 6.45) is -4.98. The summed E-state index contributed by atoms with van der Waals surface area (Å²) in [4.78, 5) is 11.9. The normalized spacial score (nSPS) is 13.0. The highest BCUT2D eigenvalue weighted by molar-refractivity contribution is 7.89. The largest absolute Gasteiger partial charge is 0.573 e. The molecule has 0 aliphatic carbocycles. The van der Waals surface area contributed by atoms with Gasteiger partial charge in [0.25, 0.3) is 0 Å². The summed E-state index contributed by atoms with van der Waals surface area (Å²) in [6, 6.07) is 10.7. The van der Waals surface area contributed by atoms with Gasteiger partial charge in [-0.05, 0) is 62.7 Å². The van der Waals surface area contributed by atoms with Gasteiger partial charge >= 0.3 is 6.36 Å². The molecule has 11 heteroatoms. The van der Waals surface area contributed by atoms with Crippen LogP contribution in [0.3, 0.4) is 0 Å². The molecule has 0 heterocycles. The number of alkyl halides is 3. The van der Waals surface area contributed by atoms with Crippen LogP contribution in [0.15, 0.2) is 53.4 Å². The first kappa shape index (κ1) is 25.5. The zero-order valence-corrected chi connectivity index (χ0v) is 18.6. The van der Waals surface area contributed by atoms with Crippen molar-refractivity contribution in [3.05, 3.63) is 54.1 Å². The average Bonchev–Trinajstić information content (AvgIpc) is 2.66. The topological polar surface area (TPSA) is 93.7 Å². The van der Waals surface area contributed by atoms with E-state index in [9.17, 15) is 26.4 Å². The molecule has 2 aromatic carbocycles. The second-order valence-corrected chi connectivity index (χ2v) is 8.96. The van der Waals surface area contributed by atoms with Crippen LogP contribution in [0.2, 0.25) is 0 Å². The number of carbonyl (C=O) groups excluding carboxylic acids is 1. The Morgan fingerprint density at radius 2 is 1.69 bits per heavy atom. The van der Waals surface area contributed by atoms with Gasteiger partial charge in [0.1, 0.15) is 11.5 Å². The number of ether oxygens (including phenoxy) is 2. The number of hydrogen-bond donors (Lipinski definition) is 2. The van der Waals surface area contributed by atoms with Crippen molar-refractivity contribution >= 4 is 15.9 Å². The third-order valence-corrected chi connectivity index (χ3v) is 5.60. The van der Waals surface area contributed by atoms with Crippen molar-refractivity contribution in [1.29, 1.82) is 0 Å². The van der Waals surface area contributed by atoms with Crippen molar-refractivity contribution in [2.75, 3.05) is 6.54 Å². The minimum atomic E-state index is -4.87. The second-order valence-electron chi connectivity index (χ2n) is 7.20. The minimum Gasteiger partial charge on any atom is -0.491 e. The molecule has 176 valence electrons. The van der Waals surface area contributed by atoms with Gasteiger partial charge in [0.2, 0.25) is 15.9 Å². The van der Waals surface area contributed by atoms with Crippen LogP contribution in [-0.4, -0.2) is 33.3 Å². The van der Waals surface area contributed by atoms with Gasteiger partial charge in [-0.2, -0.15) is 0 Å². The first-order chi connectivity index (χ1) is 14.9. The summed E-state index contributed by atoms with van der Waals surface area (Å²) in [5, 5.41) is 2.78. The molecule has 7 nitrogen and oxygen atoms in total.